The van der Waals surface area contributed by atoms with Crippen LogP contribution in [-0.4, -0.2) is 28.4 Å². The third-order valence-corrected chi connectivity index (χ3v) is 3.57. The molecule has 0 atom stereocenters. The van der Waals surface area contributed by atoms with E-state index < -0.39 is 5.97 Å². The zero-order chi connectivity index (χ0) is 15.0. The highest BCUT2D eigenvalue weighted by molar-refractivity contribution is 6.34. The van der Waals surface area contributed by atoms with Crippen molar-refractivity contribution in [1.82, 2.24) is 10.2 Å². The predicted molar refractivity (Wildman–Crippen MR) is 80.1 cm³/mol. The number of hydrogen-bond acceptors (Lipinski definition) is 3. The van der Waals surface area contributed by atoms with Gasteiger partial charge in [-0.25, -0.2) is 4.79 Å². The van der Waals surface area contributed by atoms with Gasteiger partial charge in [-0.3, -0.25) is 5.10 Å². The van der Waals surface area contributed by atoms with Crippen LogP contribution >= 0.6 is 11.6 Å². The molecule has 3 rings (SSSR count). The molecule has 0 spiro atoms. The van der Waals surface area contributed by atoms with E-state index in [0.29, 0.717) is 15.9 Å². The standard InChI is InChI=1S/C15H11ClN2O3/c1-21-9-4-2-8(3-5-9)10-6-11-13(7-12(10)16)17-18-14(11)15(19)20/h2-7H,1H3,(H,17,18)(H,19,20). The van der Waals surface area contributed by atoms with Gasteiger partial charge in [-0.15, -0.1) is 0 Å². The summed E-state index contributed by atoms with van der Waals surface area (Å²) in [5, 5.41) is 16.7. The largest absolute Gasteiger partial charge is 0.497 e. The number of aromatic amines is 1. The Hall–Kier alpha value is -2.53. The van der Waals surface area contributed by atoms with Crippen molar-refractivity contribution < 1.29 is 14.6 Å². The third kappa shape index (κ3) is 2.32. The van der Waals surface area contributed by atoms with Crippen molar-refractivity contribution in [2.24, 2.45) is 0 Å². The van der Waals surface area contributed by atoms with Crippen molar-refractivity contribution in [2.75, 3.05) is 7.11 Å². The number of halogens is 1. The molecule has 0 aliphatic rings. The highest BCUT2D eigenvalue weighted by Gasteiger charge is 2.15. The van der Waals surface area contributed by atoms with Crippen molar-refractivity contribution in [3.05, 3.63) is 47.1 Å². The molecule has 5 nitrogen and oxygen atoms in total. The number of fused-ring (bicyclic) bond motifs is 1. The van der Waals surface area contributed by atoms with Crippen LogP contribution in [-0.2, 0) is 0 Å². The summed E-state index contributed by atoms with van der Waals surface area (Å²) < 4.78 is 5.12. The Morgan fingerprint density at radius 1 is 1.29 bits per heavy atom. The second-order valence-electron chi connectivity index (χ2n) is 4.48. The normalized spacial score (nSPS) is 10.8. The molecule has 0 aliphatic heterocycles. The van der Waals surface area contributed by atoms with Gasteiger partial charge in [0.1, 0.15) is 5.75 Å². The van der Waals surface area contributed by atoms with Crippen molar-refractivity contribution in [3.8, 4) is 16.9 Å². The predicted octanol–water partition coefficient (Wildman–Crippen LogP) is 3.59. The number of ether oxygens (including phenoxy) is 1. The smallest absolute Gasteiger partial charge is 0.357 e. The number of carboxylic acid groups (broad SMARTS) is 1. The number of benzene rings is 2. The summed E-state index contributed by atoms with van der Waals surface area (Å²) in [5.41, 5.74) is 2.20. The van der Waals surface area contributed by atoms with E-state index in [2.05, 4.69) is 10.2 Å². The molecule has 21 heavy (non-hydrogen) atoms. The van der Waals surface area contributed by atoms with Gasteiger partial charge in [0, 0.05) is 10.9 Å². The summed E-state index contributed by atoms with van der Waals surface area (Å²) in [6.45, 7) is 0. The quantitative estimate of drug-likeness (QED) is 0.775. The molecule has 0 bridgehead atoms. The van der Waals surface area contributed by atoms with Crippen LogP contribution in [0.1, 0.15) is 10.5 Å². The van der Waals surface area contributed by atoms with Crippen LogP contribution in [0.5, 0.6) is 5.75 Å². The number of aromatic carboxylic acids is 1. The van der Waals surface area contributed by atoms with Gasteiger partial charge < -0.3 is 9.84 Å². The minimum absolute atomic E-state index is 0.0172. The van der Waals surface area contributed by atoms with Gasteiger partial charge in [0.2, 0.25) is 0 Å². The Bertz CT molecular complexity index is 825. The number of rotatable bonds is 3. The van der Waals surface area contributed by atoms with E-state index in [-0.39, 0.29) is 5.69 Å². The van der Waals surface area contributed by atoms with Gasteiger partial charge in [-0.1, -0.05) is 23.7 Å². The number of hydrogen-bond donors (Lipinski definition) is 2. The molecule has 3 aromatic rings. The first-order valence-corrected chi connectivity index (χ1v) is 6.53. The lowest BCUT2D eigenvalue weighted by molar-refractivity contribution is 0.0692. The average Bonchev–Trinajstić information content (AvgIpc) is 2.89. The van der Waals surface area contributed by atoms with Gasteiger partial charge in [-0.2, -0.15) is 5.10 Å². The molecule has 1 heterocycles. The summed E-state index contributed by atoms with van der Waals surface area (Å²) in [4.78, 5) is 11.2. The van der Waals surface area contributed by atoms with Gasteiger partial charge >= 0.3 is 5.97 Å². The van der Waals surface area contributed by atoms with Crippen molar-refractivity contribution in [3.63, 3.8) is 0 Å². The number of carboxylic acids is 1. The first kappa shape index (κ1) is 13.5. The zero-order valence-electron chi connectivity index (χ0n) is 11.1. The summed E-state index contributed by atoms with van der Waals surface area (Å²) in [5.74, 6) is -0.338. The Morgan fingerprint density at radius 2 is 2.00 bits per heavy atom. The zero-order valence-corrected chi connectivity index (χ0v) is 11.8. The molecule has 0 amide bonds. The molecule has 2 aromatic carbocycles. The van der Waals surface area contributed by atoms with Gasteiger partial charge in [-0.05, 0) is 29.8 Å². The summed E-state index contributed by atoms with van der Waals surface area (Å²) in [6.07, 6.45) is 0. The van der Waals surface area contributed by atoms with Crippen LogP contribution in [0.25, 0.3) is 22.0 Å². The fourth-order valence-corrected chi connectivity index (χ4v) is 2.47. The molecule has 0 unspecified atom stereocenters. The summed E-state index contributed by atoms with van der Waals surface area (Å²) in [6, 6.07) is 10.8. The number of methoxy groups -OCH3 is 1. The summed E-state index contributed by atoms with van der Waals surface area (Å²) >= 11 is 6.27. The van der Waals surface area contributed by atoms with Gasteiger partial charge in [0.05, 0.1) is 17.6 Å². The van der Waals surface area contributed by atoms with Crippen molar-refractivity contribution in [1.29, 1.82) is 0 Å². The first-order valence-electron chi connectivity index (χ1n) is 6.15. The monoisotopic (exact) mass is 302 g/mol. The Balaban J connectivity index is 2.18. The van der Waals surface area contributed by atoms with Gasteiger partial charge in [0.15, 0.2) is 5.69 Å². The van der Waals surface area contributed by atoms with Crippen molar-refractivity contribution in [2.45, 2.75) is 0 Å². The first-order chi connectivity index (χ1) is 10.1. The second-order valence-corrected chi connectivity index (χ2v) is 4.89. The number of nitrogens with zero attached hydrogens (tertiary/aromatic N) is 1. The second kappa shape index (κ2) is 5.10. The van der Waals surface area contributed by atoms with Crippen molar-refractivity contribution >= 4 is 28.5 Å². The molecule has 6 heteroatoms. The summed E-state index contributed by atoms with van der Waals surface area (Å²) in [7, 11) is 1.60. The Morgan fingerprint density at radius 3 is 2.62 bits per heavy atom. The molecule has 0 saturated carbocycles. The molecular formula is C15H11ClN2O3. The van der Waals surface area contributed by atoms with E-state index in [1.807, 2.05) is 24.3 Å². The number of aromatic nitrogens is 2. The lowest BCUT2D eigenvalue weighted by Crippen LogP contribution is -1.96. The lowest BCUT2D eigenvalue weighted by atomic mass is 10.0. The Kier molecular flexibility index (Phi) is 3.27. The SMILES string of the molecule is COc1ccc(-c2cc3c(C(=O)O)n[nH]c3cc2Cl)cc1. The highest BCUT2D eigenvalue weighted by atomic mass is 35.5. The van der Waals surface area contributed by atoms with Crippen LogP contribution in [0.2, 0.25) is 5.02 Å². The third-order valence-electron chi connectivity index (χ3n) is 3.25. The number of H-pyrrole nitrogens is 1. The molecule has 0 radical (unpaired) electrons. The van der Waals surface area contributed by atoms with E-state index in [1.54, 1.807) is 19.2 Å². The number of carbonyl (C=O) groups is 1. The highest BCUT2D eigenvalue weighted by Crippen LogP contribution is 2.33. The molecular weight excluding hydrogens is 292 g/mol. The van der Waals surface area contributed by atoms with Gasteiger partial charge in [0.25, 0.3) is 0 Å². The average molecular weight is 303 g/mol. The van der Waals surface area contributed by atoms with E-state index in [9.17, 15) is 4.79 Å². The van der Waals surface area contributed by atoms with E-state index in [1.165, 1.54) is 0 Å². The van der Waals surface area contributed by atoms with E-state index >= 15 is 0 Å². The van der Waals surface area contributed by atoms with E-state index in [0.717, 1.165) is 16.9 Å². The fourth-order valence-electron chi connectivity index (χ4n) is 2.19. The maximum Gasteiger partial charge on any atom is 0.357 e. The topological polar surface area (TPSA) is 75.2 Å². The van der Waals surface area contributed by atoms with Crippen LogP contribution < -0.4 is 4.74 Å². The molecule has 0 aliphatic carbocycles. The molecule has 0 fully saturated rings. The molecule has 2 N–H and O–H groups in total. The van der Waals surface area contributed by atoms with Crippen LogP contribution in [0.3, 0.4) is 0 Å². The molecule has 0 saturated heterocycles. The minimum atomic E-state index is -1.08. The number of nitrogens with one attached hydrogen (secondary N) is 1. The maximum atomic E-state index is 11.2. The molecule has 106 valence electrons. The van der Waals surface area contributed by atoms with E-state index in [4.69, 9.17) is 21.4 Å². The maximum absolute atomic E-state index is 11.2. The Labute approximate surface area is 125 Å². The molecule has 1 aromatic heterocycles. The van der Waals surface area contributed by atoms with Crippen LogP contribution in [0.4, 0.5) is 0 Å². The fraction of sp³-hybridized carbons (Fsp3) is 0.0667. The van der Waals surface area contributed by atoms with Crippen LogP contribution in [0.15, 0.2) is 36.4 Å². The minimum Gasteiger partial charge on any atom is -0.497 e. The van der Waals surface area contributed by atoms with Crippen LogP contribution in [0, 0.1) is 0 Å². The lowest BCUT2D eigenvalue weighted by Gasteiger charge is -2.06.